The number of carbonyl (C=O) groups excluding carboxylic acids is 2. The summed E-state index contributed by atoms with van der Waals surface area (Å²) in [6, 6.07) is 0. The Morgan fingerprint density at radius 2 is 1.68 bits per heavy atom. The summed E-state index contributed by atoms with van der Waals surface area (Å²) in [6.07, 6.45) is 12.4. The highest BCUT2D eigenvalue weighted by atomic mass is 16.6. The maximum atomic E-state index is 12.7. The van der Waals surface area contributed by atoms with Gasteiger partial charge in [-0.05, 0) is 116 Å². The van der Waals surface area contributed by atoms with Gasteiger partial charge in [0.15, 0.2) is 0 Å². The predicted octanol–water partition coefficient (Wildman–Crippen LogP) is 6.52. The van der Waals surface area contributed by atoms with E-state index >= 15 is 0 Å². The summed E-state index contributed by atoms with van der Waals surface area (Å²) in [5.74, 6) is 2.97. The van der Waals surface area contributed by atoms with E-state index in [-0.39, 0.29) is 41.8 Å². The molecule has 0 radical (unpaired) electrons. The molecule has 40 heavy (non-hydrogen) atoms. The second kappa shape index (κ2) is 9.00. The van der Waals surface area contributed by atoms with Crippen LogP contribution in [0.25, 0.3) is 0 Å². The van der Waals surface area contributed by atoms with Crippen LogP contribution in [0.2, 0.25) is 0 Å². The number of amides is 2. The van der Waals surface area contributed by atoms with Crippen LogP contribution in [0.1, 0.15) is 105 Å². The molecule has 2 heterocycles. The number of likely N-dealkylation sites (tertiary alicyclic amines) is 1. The van der Waals surface area contributed by atoms with Crippen molar-refractivity contribution in [1.29, 1.82) is 0 Å². The fourth-order valence-corrected chi connectivity index (χ4v) is 12.2. The first-order valence-electron chi connectivity index (χ1n) is 16.5. The van der Waals surface area contributed by atoms with E-state index in [1.54, 1.807) is 0 Å². The molecule has 2 spiro atoms. The third kappa shape index (κ3) is 3.63. The quantitative estimate of drug-likeness (QED) is 0.425. The predicted molar refractivity (Wildman–Crippen MR) is 151 cm³/mol. The molecule has 2 N–H and O–H groups in total. The Balaban J connectivity index is 1.08. The molecule has 0 aromatic heterocycles. The smallest absolute Gasteiger partial charge is 0.410 e. The van der Waals surface area contributed by atoms with Gasteiger partial charge in [0, 0.05) is 18.5 Å². The average Bonchev–Trinajstić information content (AvgIpc) is 3.43. The van der Waals surface area contributed by atoms with Gasteiger partial charge in [-0.3, -0.25) is 0 Å². The van der Waals surface area contributed by atoms with Crippen molar-refractivity contribution in [2.24, 2.45) is 57.0 Å². The Kier molecular flexibility index (Phi) is 6.15. The Labute approximate surface area is 240 Å². The van der Waals surface area contributed by atoms with Crippen molar-refractivity contribution in [2.75, 3.05) is 13.1 Å². The zero-order valence-corrected chi connectivity index (χ0v) is 25.5. The Morgan fingerprint density at radius 1 is 0.925 bits per heavy atom. The summed E-state index contributed by atoms with van der Waals surface area (Å²) in [6.45, 7) is 13.2. The first-order valence-corrected chi connectivity index (χ1v) is 16.5. The van der Waals surface area contributed by atoms with Crippen molar-refractivity contribution < 1.29 is 23.8 Å². The van der Waals surface area contributed by atoms with E-state index in [0.29, 0.717) is 28.1 Å². The second-order valence-corrected chi connectivity index (χ2v) is 16.2. The molecule has 7 fully saturated rings. The number of hydrogen-bond acceptors (Lipinski definition) is 5. The Morgan fingerprint density at radius 3 is 2.35 bits per heavy atom. The molecule has 0 bridgehead atoms. The van der Waals surface area contributed by atoms with Crippen molar-refractivity contribution in [3.05, 3.63) is 0 Å². The number of primary amides is 1. The number of rotatable bonds is 4. The van der Waals surface area contributed by atoms with Crippen molar-refractivity contribution >= 4 is 12.2 Å². The Bertz CT molecular complexity index is 1060. The van der Waals surface area contributed by atoms with Gasteiger partial charge in [0.25, 0.3) is 0 Å². The summed E-state index contributed by atoms with van der Waals surface area (Å²) in [5, 5.41) is 0. The van der Waals surface area contributed by atoms with Crippen LogP contribution in [-0.2, 0) is 14.2 Å². The summed E-state index contributed by atoms with van der Waals surface area (Å²) < 4.78 is 18.8. The molecule has 2 saturated heterocycles. The van der Waals surface area contributed by atoms with Crippen LogP contribution >= 0.6 is 0 Å². The van der Waals surface area contributed by atoms with Crippen LogP contribution < -0.4 is 5.73 Å². The molecule has 7 nitrogen and oxygen atoms in total. The lowest BCUT2D eigenvalue weighted by molar-refractivity contribution is -0.150. The van der Waals surface area contributed by atoms with Crippen LogP contribution in [0.15, 0.2) is 0 Å². The van der Waals surface area contributed by atoms with Crippen LogP contribution in [0.3, 0.4) is 0 Å². The highest BCUT2D eigenvalue weighted by molar-refractivity contribution is 5.68. The maximum Gasteiger partial charge on any atom is 0.410 e. The van der Waals surface area contributed by atoms with Gasteiger partial charge in [0.2, 0.25) is 0 Å². The summed E-state index contributed by atoms with van der Waals surface area (Å²) in [5.41, 5.74) is 6.70. The van der Waals surface area contributed by atoms with Crippen LogP contribution in [-0.4, -0.2) is 54.6 Å². The first-order chi connectivity index (χ1) is 18.9. The van der Waals surface area contributed by atoms with E-state index in [1.807, 2.05) is 4.90 Å². The van der Waals surface area contributed by atoms with Crippen LogP contribution in [0.5, 0.6) is 0 Å². The largest absolute Gasteiger partial charge is 0.446 e. The van der Waals surface area contributed by atoms with Crippen LogP contribution in [0.4, 0.5) is 9.59 Å². The molecule has 224 valence electrons. The molecule has 7 heteroatoms. The normalized spacial score (nSPS) is 48.9. The molecule has 11 unspecified atom stereocenters. The first kappa shape index (κ1) is 27.3. The van der Waals surface area contributed by atoms with E-state index in [9.17, 15) is 9.59 Å². The maximum absolute atomic E-state index is 12.7. The second-order valence-electron chi connectivity index (χ2n) is 16.2. The van der Waals surface area contributed by atoms with Gasteiger partial charge in [-0.1, -0.05) is 34.6 Å². The van der Waals surface area contributed by atoms with Crippen molar-refractivity contribution in [3.8, 4) is 0 Å². The topological polar surface area (TPSA) is 91.1 Å². The van der Waals surface area contributed by atoms with Gasteiger partial charge >= 0.3 is 12.2 Å². The number of carbonyl (C=O) groups is 2. The SMILES string of the molecule is CC(C)C(OC(=O)N1CCC1)C1CCC2C(CC3C4CCC5C(C)(C)C(OC(N)=O)CCC56CC46CCC23C)O1. The average molecular weight is 557 g/mol. The third-order valence-corrected chi connectivity index (χ3v) is 14.2. The van der Waals surface area contributed by atoms with Crippen molar-refractivity contribution in [2.45, 2.75) is 130 Å². The number of hydrogen-bond donors (Lipinski definition) is 1. The lowest BCUT2D eigenvalue weighted by Gasteiger charge is -2.59. The van der Waals surface area contributed by atoms with Gasteiger partial charge in [0.1, 0.15) is 12.2 Å². The monoisotopic (exact) mass is 556 g/mol. The Hall–Kier alpha value is -1.50. The number of nitrogens with two attached hydrogens (primary N) is 1. The van der Waals surface area contributed by atoms with Gasteiger partial charge < -0.3 is 24.8 Å². The minimum Gasteiger partial charge on any atom is -0.446 e. The molecule has 0 aromatic carbocycles. The van der Waals surface area contributed by atoms with Gasteiger partial charge in [0.05, 0.1) is 12.2 Å². The van der Waals surface area contributed by atoms with Gasteiger partial charge in [-0.2, -0.15) is 0 Å². The summed E-state index contributed by atoms with van der Waals surface area (Å²) in [7, 11) is 0. The number of nitrogens with zero attached hydrogens (tertiary/aromatic N) is 1. The standard InChI is InChI=1S/C33H52N2O5/c1-19(2)27(40-29(37)35-15-6-16-35)23-9-7-21-24(38-23)17-22-20-8-10-25-30(3,4)26(39-28(34)36)11-12-33(25)18-32(20,33)14-13-31(21,22)5/h19-27H,6-18H2,1-5H3,(H2,34,36). The van der Waals surface area contributed by atoms with E-state index in [2.05, 4.69) is 34.6 Å². The van der Waals surface area contributed by atoms with Crippen LogP contribution in [0, 0.1) is 51.2 Å². The molecule has 7 rings (SSSR count). The fraction of sp³-hybridized carbons (Fsp3) is 0.939. The van der Waals surface area contributed by atoms with Gasteiger partial charge in [-0.25, -0.2) is 9.59 Å². The molecule has 2 aliphatic heterocycles. The zero-order valence-electron chi connectivity index (χ0n) is 25.5. The number of ether oxygens (including phenoxy) is 3. The molecule has 11 atom stereocenters. The number of fused-ring (bicyclic) bond motifs is 4. The van der Waals surface area contributed by atoms with Crippen molar-refractivity contribution in [3.63, 3.8) is 0 Å². The van der Waals surface area contributed by atoms with Gasteiger partial charge in [-0.15, -0.1) is 0 Å². The third-order valence-electron chi connectivity index (χ3n) is 14.2. The van der Waals surface area contributed by atoms with E-state index in [1.165, 1.54) is 51.4 Å². The zero-order chi connectivity index (χ0) is 28.2. The molecule has 2 amide bonds. The fourth-order valence-electron chi connectivity index (χ4n) is 12.2. The molecule has 5 aliphatic carbocycles. The highest BCUT2D eigenvalue weighted by Crippen LogP contribution is 2.87. The lowest BCUT2D eigenvalue weighted by Crippen LogP contribution is -2.55. The minimum absolute atomic E-state index is 0.00789. The van der Waals surface area contributed by atoms with Crippen molar-refractivity contribution in [1.82, 2.24) is 4.90 Å². The highest BCUT2D eigenvalue weighted by Gasteiger charge is 2.80. The summed E-state index contributed by atoms with van der Waals surface area (Å²) >= 11 is 0. The molecule has 0 aromatic rings. The molecular weight excluding hydrogens is 504 g/mol. The summed E-state index contributed by atoms with van der Waals surface area (Å²) in [4.78, 5) is 26.2. The van der Waals surface area contributed by atoms with E-state index < -0.39 is 6.09 Å². The van der Waals surface area contributed by atoms with E-state index in [0.717, 1.165) is 44.2 Å². The van der Waals surface area contributed by atoms with E-state index in [4.69, 9.17) is 19.9 Å². The lowest BCUT2D eigenvalue weighted by atomic mass is 9.46. The minimum atomic E-state index is -0.622. The molecular formula is C33H52N2O5. The molecule has 5 saturated carbocycles. The molecule has 7 aliphatic rings.